The smallest absolute Gasteiger partial charge is 0.324 e. The van der Waals surface area contributed by atoms with Gasteiger partial charge in [-0.3, -0.25) is 0 Å². The minimum Gasteiger partial charge on any atom is -0.440 e. The predicted octanol–water partition coefficient (Wildman–Crippen LogP) is 3.72. The largest absolute Gasteiger partial charge is 0.440 e. The van der Waals surface area contributed by atoms with E-state index in [4.69, 9.17) is 8.94 Å². The van der Waals surface area contributed by atoms with E-state index in [1.807, 2.05) is 24.3 Å². The molecule has 1 aliphatic heterocycles. The average molecular weight is 312 g/mol. The Hall–Kier alpha value is -2.37. The second-order valence-electron chi connectivity index (χ2n) is 6.37. The van der Waals surface area contributed by atoms with Gasteiger partial charge in [0.05, 0.1) is 0 Å². The molecule has 2 aromatic heterocycles. The molecule has 0 aliphatic carbocycles. The first-order valence-electron chi connectivity index (χ1n) is 8.14. The van der Waals surface area contributed by atoms with Gasteiger partial charge in [0.25, 0.3) is 0 Å². The zero-order valence-corrected chi connectivity index (χ0v) is 13.4. The van der Waals surface area contributed by atoms with Crippen LogP contribution in [0.1, 0.15) is 50.2 Å². The summed E-state index contributed by atoms with van der Waals surface area (Å²) in [5.41, 5.74) is 1.80. The lowest BCUT2D eigenvalue weighted by atomic mass is 9.97. The van der Waals surface area contributed by atoms with Crippen LogP contribution in [-0.4, -0.2) is 28.2 Å². The molecule has 4 rings (SSSR count). The molecule has 1 aromatic carbocycles. The fourth-order valence-corrected chi connectivity index (χ4v) is 2.97. The van der Waals surface area contributed by atoms with Gasteiger partial charge >= 0.3 is 6.01 Å². The maximum absolute atomic E-state index is 5.90. The normalized spacial score (nSPS) is 16.6. The number of para-hydroxylation sites is 2. The van der Waals surface area contributed by atoms with Gasteiger partial charge in [-0.25, -0.2) is 4.98 Å². The molecule has 120 valence electrons. The second-order valence-corrected chi connectivity index (χ2v) is 6.37. The summed E-state index contributed by atoms with van der Waals surface area (Å²) in [4.78, 5) is 11.3. The molecular weight excluding hydrogens is 292 g/mol. The first-order chi connectivity index (χ1) is 11.2. The van der Waals surface area contributed by atoms with Gasteiger partial charge in [-0.15, -0.1) is 0 Å². The molecule has 1 saturated heterocycles. The van der Waals surface area contributed by atoms with Crippen molar-refractivity contribution in [2.24, 2.45) is 0 Å². The number of aromatic nitrogens is 3. The maximum atomic E-state index is 5.90. The lowest BCUT2D eigenvalue weighted by Crippen LogP contribution is -2.33. The first kappa shape index (κ1) is 14.2. The number of nitrogens with zero attached hydrogens (tertiary/aromatic N) is 4. The number of piperidine rings is 1. The molecule has 1 aliphatic rings. The Labute approximate surface area is 134 Å². The van der Waals surface area contributed by atoms with Gasteiger partial charge in [-0.05, 0) is 25.0 Å². The van der Waals surface area contributed by atoms with Gasteiger partial charge in [0, 0.05) is 24.9 Å². The molecule has 0 amide bonds. The van der Waals surface area contributed by atoms with E-state index in [-0.39, 0.29) is 5.92 Å². The molecule has 0 bridgehead atoms. The molecule has 0 N–H and O–H groups in total. The van der Waals surface area contributed by atoms with E-state index >= 15 is 0 Å². The SMILES string of the molecule is CC(C)c1noc(N2CCC(c3nc4ccccc4o3)CC2)n1. The number of oxazole rings is 1. The molecule has 3 heterocycles. The van der Waals surface area contributed by atoms with Crippen LogP contribution in [-0.2, 0) is 0 Å². The van der Waals surface area contributed by atoms with Crippen molar-refractivity contribution < 1.29 is 8.94 Å². The molecule has 0 saturated carbocycles. The minimum absolute atomic E-state index is 0.282. The third-order valence-electron chi connectivity index (χ3n) is 4.37. The zero-order chi connectivity index (χ0) is 15.8. The summed E-state index contributed by atoms with van der Waals surface area (Å²) in [6, 6.07) is 8.54. The van der Waals surface area contributed by atoms with Crippen LogP contribution in [0.3, 0.4) is 0 Å². The zero-order valence-electron chi connectivity index (χ0n) is 13.4. The van der Waals surface area contributed by atoms with Gasteiger partial charge in [-0.1, -0.05) is 31.1 Å². The lowest BCUT2D eigenvalue weighted by Gasteiger charge is -2.28. The summed E-state index contributed by atoms with van der Waals surface area (Å²) >= 11 is 0. The Balaban J connectivity index is 1.45. The molecule has 6 nitrogen and oxygen atoms in total. The summed E-state index contributed by atoms with van der Waals surface area (Å²) < 4.78 is 11.3. The highest BCUT2D eigenvalue weighted by molar-refractivity contribution is 5.72. The molecule has 0 unspecified atom stereocenters. The van der Waals surface area contributed by atoms with Gasteiger partial charge < -0.3 is 13.8 Å². The topological polar surface area (TPSA) is 68.2 Å². The molecular formula is C17H20N4O2. The fraction of sp³-hybridized carbons (Fsp3) is 0.471. The van der Waals surface area contributed by atoms with Crippen molar-refractivity contribution in [3.05, 3.63) is 36.0 Å². The highest BCUT2D eigenvalue weighted by Gasteiger charge is 2.27. The van der Waals surface area contributed by atoms with E-state index in [1.165, 1.54) is 0 Å². The van der Waals surface area contributed by atoms with Gasteiger partial charge in [-0.2, -0.15) is 4.98 Å². The van der Waals surface area contributed by atoms with Crippen LogP contribution < -0.4 is 4.90 Å². The Morgan fingerprint density at radius 1 is 1.13 bits per heavy atom. The maximum Gasteiger partial charge on any atom is 0.324 e. The molecule has 23 heavy (non-hydrogen) atoms. The standard InChI is InChI=1S/C17H20N4O2/c1-11(2)15-19-17(23-20-15)21-9-7-12(8-10-21)16-18-13-5-3-4-6-14(13)22-16/h3-6,11-12H,7-10H2,1-2H3. The summed E-state index contributed by atoms with van der Waals surface area (Å²) in [5.74, 6) is 2.25. The Morgan fingerprint density at radius 3 is 2.61 bits per heavy atom. The number of benzene rings is 1. The van der Waals surface area contributed by atoms with E-state index in [0.29, 0.717) is 11.9 Å². The number of hydrogen-bond donors (Lipinski definition) is 0. The van der Waals surface area contributed by atoms with E-state index in [2.05, 4.69) is 33.9 Å². The predicted molar refractivity (Wildman–Crippen MR) is 86.6 cm³/mol. The van der Waals surface area contributed by atoms with E-state index < -0.39 is 0 Å². The van der Waals surface area contributed by atoms with E-state index in [0.717, 1.165) is 48.7 Å². The summed E-state index contributed by atoms with van der Waals surface area (Å²) in [7, 11) is 0. The average Bonchev–Trinajstić information content (AvgIpc) is 3.22. The quantitative estimate of drug-likeness (QED) is 0.734. The molecule has 0 spiro atoms. The van der Waals surface area contributed by atoms with Crippen LogP contribution >= 0.6 is 0 Å². The van der Waals surface area contributed by atoms with Crippen LogP contribution in [0.25, 0.3) is 11.1 Å². The number of hydrogen-bond acceptors (Lipinski definition) is 6. The van der Waals surface area contributed by atoms with Gasteiger partial charge in [0.15, 0.2) is 17.3 Å². The Bertz CT molecular complexity index is 767. The number of fused-ring (bicyclic) bond motifs is 1. The van der Waals surface area contributed by atoms with Crippen molar-refractivity contribution in [3.8, 4) is 0 Å². The van der Waals surface area contributed by atoms with Crippen LogP contribution in [0, 0.1) is 0 Å². The van der Waals surface area contributed by atoms with Crippen molar-refractivity contribution in [2.45, 2.75) is 38.5 Å². The summed E-state index contributed by atoms with van der Waals surface area (Å²) in [5, 5.41) is 4.04. The van der Waals surface area contributed by atoms with Crippen LogP contribution in [0.2, 0.25) is 0 Å². The highest BCUT2D eigenvalue weighted by atomic mass is 16.5. The molecule has 6 heteroatoms. The Kier molecular flexibility index (Phi) is 3.52. The van der Waals surface area contributed by atoms with Gasteiger partial charge in [0.2, 0.25) is 0 Å². The first-order valence-corrected chi connectivity index (χ1v) is 8.14. The highest BCUT2D eigenvalue weighted by Crippen LogP contribution is 2.31. The monoisotopic (exact) mass is 312 g/mol. The van der Waals surface area contributed by atoms with Crippen molar-refractivity contribution in [1.82, 2.24) is 15.1 Å². The van der Waals surface area contributed by atoms with Crippen molar-refractivity contribution in [2.75, 3.05) is 18.0 Å². The van der Waals surface area contributed by atoms with Crippen molar-refractivity contribution in [3.63, 3.8) is 0 Å². The number of anilines is 1. The molecule has 1 fully saturated rings. The number of rotatable bonds is 3. The van der Waals surface area contributed by atoms with Gasteiger partial charge in [0.1, 0.15) is 5.52 Å². The lowest BCUT2D eigenvalue weighted by molar-refractivity contribution is 0.368. The van der Waals surface area contributed by atoms with Crippen LogP contribution in [0.4, 0.5) is 6.01 Å². The second kappa shape index (κ2) is 5.68. The van der Waals surface area contributed by atoms with Crippen LogP contribution in [0.15, 0.2) is 33.2 Å². The van der Waals surface area contributed by atoms with E-state index in [1.54, 1.807) is 0 Å². The third-order valence-corrected chi connectivity index (χ3v) is 4.37. The van der Waals surface area contributed by atoms with Crippen LogP contribution in [0.5, 0.6) is 0 Å². The summed E-state index contributed by atoms with van der Waals surface area (Å²) in [6.07, 6.45) is 1.96. The third kappa shape index (κ3) is 2.69. The molecule has 3 aromatic rings. The fourth-order valence-electron chi connectivity index (χ4n) is 2.97. The summed E-state index contributed by atoms with van der Waals surface area (Å²) in [6.45, 7) is 5.88. The van der Waals surface area contributed by atoms with E-state index in [9.17, 15) is 0 Å². The minimum atomic E-state index is 0.282. The Morgan fingerprint density at radius 2 is 1.91 bits per heavy atom. The van der Waals surface area contributed by atoms with Crippen molar-refractivity contribution in [1.29, 1.82) is 0 Å². The van der Waals surface area contributed by atoms with Crippen molar-refractivity contribution >= 4 is 17.1 Å². The molecule has 0 radical (unpaired) electrons. The molecule has 0 atom stereocenters.